The summed E-state index contributed by atoms with van der Waals surface area (Å²) in [6.45, 7) is 6.47. The van der Waals surface area contributed by atoms with E-state index in [-0.39, 0.29) is 34.9 Å². The van der Waals surface area contributed by atoms with Crippen LogP contribution in [-0.2, 0) is 11.3 Å². The van der Waals surface area contributed by atoms with E-state index in [9.17, 15) is 18.8 Å². The zero-order chi connectivity index (χ0) is 21.6. The Morgan fingerprint density at radius 3 is 2.52 bits per heavy atom. The van der Waals surface area contributed by atoms with Crippen molar-refractivity contribution in [3.05, 3.63) is 50.9 Å². The number of unbranched alkanes of at least 4 members (excludes halogenated alkanes) is 1. The van der Waals surface area contributed by atoms with E-state index in [1.165, 1.54) is 33.4 Å². The number of anilines is 2. The Hall–Kier alpha value is -2.55. The number of thioether (sulfide) groups is 1. The summed E-state index contributed by atoms with van der Waals surface area (Å²) < 4.78 is 14.4. The molecule has 0 fully saturated rings. The molecule has 0 radical (unpaired) electrons. The molecule has 2 aromatic rings. The van der Waals surface area contributed by atoms with Gasteiger partial charge in [-0.1, -0.05) is 27.2 Å². The van der Waals surface area contributed by atoms with Gasteiger partial charge >= 0.3 is 5.69 Å². The first-order valence-electron chi connectivity index (χ1n) is 9.55. The summed E-state index contributed by atoms with van der Waals surface area (Å²) in [5.74, 6) is -0.486. The van der Waals surface area contributed by atoms with Gasteiger partial charge in [-0.15, -0.1) is 11.8 Å². The summed E-state index contributed by atoms with van der Waals surface area (Å²) in [5, 5.41) is 0. The number of rotatable bonds is 9. The summed E-state index contributed by atoms with van der Waals surface area (Å²) in [6.07, 6.45) is 1.49. The smallest absolute Gasteiger partial charge is 0.330 e. The average molecular weight is 423 g/mol. The molecule has 0 spiro atoms. The normalized spacial score (nSPS) is 11.1. The van der Waals surface area contributed by atoms with Crippen molar-refractivity contribution in [2.24, 2.45) is 5.92 Å². The SMILES string of the molecule is CCCCN(C(=O)CSc1ccc(F)cc1)c1c(N)n(CC(C)C)c(=O)[nH]c1=O. The van der Waals surface area contributed by atoms with Crippen LogP contribution < -0.4 is 21.9 Å². The molecule has 2 rings (SSSR count). The van der Waals surface area contributed by atoms with Crippen LogP contribution in [0.4, 0.5) is 15.9 Å². The third kappa shape index (κ3) is 5.96. The summed E-state index contributed by atoms with van der Waals surface area (Å²) in [5.41, 5.74) is 4.90. The average Bonchev–Trinajstić information content (AvgIpc) is 2.66. The number of nitrogens with one attached hydrogen (secondary N) is 1. The highest BCUT2D eigenvalue weighted by Crippen LogP contribution is 2.23. The molecule has 9 heteroatoms. The topological polar surface area (TPSA) is 101 Å². The first-order chi connectivity index (χ1) is 13.7. The van der Waals surface area contributed by atoms with E-state index in [2.05, 4.69) is 4.98 Å². The van der Waals surface area contributed by atoms with Gasteiger partial charge in [-0.25, -0.2) is 9.18 Å². The van der Waals surface area contributed by atoms with Crippen molar-refractivity contribution < 1.29 is 9.18 Å². The van der Waals surface area contributed by atoms with Crippen LogP contribution in [0, 0.1) is 11.7 Å². The minimum Gasteiger partial charge on any atom is -0.383 e. The van der Waals surface area contributed by atoms with Gasteiger partial charge in [0.25, 0.3) is 5.56 Å². The number of carbonyl (C=O) groups is 1. The molecule has 29 heavy (non-hydrogen) atoms. The molecule has 158 valence electrons. The fourth-order valence-electron chi connectivity index (χ4n) is 2.82. The minimum atomic E-state index is -0.677. The molecule has 0 bridgehead atoms. The number of benzene rings is 1. The number of nitrogen functional groups attached to an aromatic ring is 1. The van der Waals surface area contributed by atoms with Crippen molar-refractivity contribution >= 4 is 29.2 Å². The van der Waals surface area contributed by atoms with E-state index in [0.717, 1.165) is 11.3 Å². The lowest BCUT2D eigenvalue weighted by Gasteiger charge is -2.24. The van der Waals surface area contributed by atoms with Crippen molar-refractivity contribution in [3.63, 3.8) is 0 Å². The van der Waals surface area contributed by atoms with Crippen molar-refractivity contribution in [2.75, 3.05) is 22.9 Å². The standard InChI is InChI=1S/C20H27FN4O3S/c1-4-5-10-24(16(26)12-29-15-8-6-14(21)7-9-15)17-18(22)25(11-13(2)3)20(28)23-19(17)27/h6-9,13H,4-5,10-12,22H2,1-3H3,(H,23,27,28). The van der Waals surface area contributed by atoms with Crippen molar-refractivity contribution in [3.8, 4) is 0 Å². The number of hydrogen-bond acceptors (Lipinski definition) is 5. The van der Waals surface area contributed by atoms with E-state index >= 15 is 0 Å². The molecule has 1 aromatic carbocycles. The lowest BCUT2D eigenvalue weighted by atomic mass is 10.2. The zero-order valence-corrected chi connectivity index (χ0v) is 17.7. The van der Waals surface area contributed by atoms with E-state index < -0.39 is 11.2 Å². The Balaban J connectivity index is 2.35. The van der Waals surface area contributed by atoms with Gasteiger partial charge in [0.05, 0.1) is 5.75 Å². The van der Waals surface area contributed by atoms with Gasteiger partial charge in [0.1, 0.15) is 11.6 Å². The summed E-state index contributed by atoms with van der Waals surface area (Å²) in [7, 11) is 0. The quantitative estimate of drug-likeness (QED) is 0.605. The Morgan fingerprint density at radius 2 is 1.93 bits per heavy atom. The summed E-state index contributed by atoms with van der Waals surface area (Å²) >= 11 is 1.24. The number of carbonyl (C=O) groups excluding carboxylic acids is 1. The van der Waals surface area contributed by atoms with Gasteiger partial charge in [0.15, 0.2) is 5.69 Å². The van der Waals surface area contributed by atoms with Crippen molar-refractivity contribution in [2.45, 2.75) is 45.1 Å². The lowest BCUT2D eigenvalue weighted by molar-refractivity contribution is -0.116. The van der Waals surface area contributed by atoms with E-state index in [1.807, 2.05) is 20.8 Å². The van der Waals surface area contributed by atoms with Crippen molar-refractivity contribution in [1.82, 2.24) is 9.55 Å². The Labute approximate surface area is 173 Å². The number of nitrogens with two attached hydrogens (primary N) is 1. The van der Waals surface area contributed by atoms with Gasteiger partial charge < -0.3 is 10.6 Å². The van der Waals surface area contributed by atoms with Gasteiger partial charge in [-0.2, -0.15) is 0 Å². The molecule has 1 amide bonds. The molecule has 0 saturated carbocycles. The summed E-state index contributed by atoms with van der Waals surface area (Å²) in [6, 6.07) is 5.83. The lowest BCUT2D eigenvalue weighted by Crippen LogP contribution is -2.42. The molecule has 0 aliphatic heterocycles. The fraction of sp³-hybridized carbons (Fsp3) is 0.450. The molecule has 0 atom stereocenters. The zero-order valence-electron chi connectivity index (χ0n) is 16.9. The second-order valence-electron chi connectivity index (χ2n) is 7.14. The number of halogens is 1. The molecule has 0 unspecified atom stereocenters. The maximum absolute atomic E-state index is 13.1. The largest absolute Gasteiger partial charge is 0.383 e. The third-order valence-corrected chi connectivity index (χ3v) is 5.24. The molecular formula is C20H27FN4O3S. The van der Waals surface area contributed by atoms with Crippen molar-refractivity contribution in [1.29, 1.82) is 0 Å². The Kier molecular flexibility index (Phi) is 8.07. The number of amides is 1. The van der Waals surface area contributed by atoms with Crippen LogP contribution in [0.25, 0.3) is 0 Å². The molecule has 1 heterocycles. The van der Waals surface area contributed by atoms with Crippen LogP contribution in [-0.4, -0.2) is 27.8 Å². The van der Waals surface area contributed by atoms with E-state index in [1.54, 1.807) is 12.1 Å². The Bertz CT molecular complexity index is 954. The maximum atomic E-state index is 13.1. The highest BCUT2D eigenvalue weighted by Gasteiger charge is 2.24. The van der Waals surface area contributed by atoms with E-state index in [4.69, 9.17) is 5.73 Å². The molecule has 0 aliphatic carbocycles. The van der Waals surface area contributed by atoms with E-state index in [0.29, 0.717) is 19.5 Å². The van der Waals surface area contributed by atoms with Gasteiger partial charge in [-0.3, -0.25) is 19.1 Å². The number of nitrogens with zero attached hydrogens (tertiary/aromatic N) is 2. The van der Waals surface area contributed by atoms with Crippen LogP contribution in [0.15, 0.2) is 38.8 Å². The number of H-pyrrole nitrogens is 1. The molecule has 7 nitrogen and oxygen atoms in total. The van der Waals surface area contributed by atoms with Crippen LogP contribution in [0.3, 0.4) is 0 Å². The van der Waals surface area contributed by atoms with Gasteiger partial charge in [0, 0.05) is 18.0 Å². The minimum absolute atomic E-state index is 0.00315. The predicted octanol–water partition coefficient (Wildman–Crippen LogP) is 2.84. The highest BCUT2D eigenvalue weighted by molar-refractivity contribution is 8.00. The number of hydrogen-bond donors (Lipinski definition) is 2. The van der Waals surface area contributed by atoms with Crippen LogP contribution >= 0.6 is 11.8 Å². The molecule has 0 aliphatic rings. The van der Waals surface area contributed by atoms with Crippen LogP contribution in [0.1, 0.15) is 33.6 Å². The maximum Gasteiger partial charge on any atom is 0.330 e. The number of aromatic nitrogens is 2. The second kappa shape index (κ2) is 10.3. The first kappa shape index (κ1) is 22.7. The Morgan fingerprint density at radius 1 is 1.28 bits per heavy atom. The predicted molar refractivity (Wildman–Crippen MR) is 115 cm³/mol. The summed E-state index contributed by atoms with van der Waals surface area (Å²) in [4.78, 5) is 42.0. The highest BCUT2D eigenvalue weighted by atomic mass is 32.2. The van der Waals surface area contributed by atoms with Gasteiger partial charge in [-0.05, 0) is 36.6 Å². The molecule has 3 N–H and O–H groups in total. The number of aromatic amines is 1. The van der Waals surface area contributed by atoms with Gasteiger partial charge in [0.2, 0.25) is 5.91 Å². The third-order valence-electron chi connectivity index (χ3n) is 4.24. The second-order valence-corrected chi connectivity index (χ2v) is 8.19. The first-order valence-corrected chi connectivity index (χ1v) is 10.5. The molecular weight excluding hydrogens is 395 g/mol. The van der Waals surface area contributed by atoms with Crippen LogP contribution in [0.5, 0.6) is 0 Å². The monoisotopic (exact) mass is 422 g/mol. The molecule has 0 saturated heterocycles. The van der Waals surface area contributed by atoms with Crippen LogP contribution in [0.2, 0.25) is 0 Å². The molecule has 1 aromatic heterocycles. The fourth-order valence-corrected chi connectivity index (χ4v) is 3.59.